The minimum absolute atomic E-state index is 0.0586. The van der Waals surface area contributed by atoms with E-state index >= 15 is 0 Å². The van der Waals surface area contributed by atoms with Crippen molar-refractivity contribution in [3.63, 3.8) is 0 Å². The number of hydrogen-bond acceptors (Lipinski definition) is 6. The van der Waals surface area contributed by atoms with Crippen LogP contribution in [0.25, 0.3) is 22.1 Å². The number of piperidine rings is 1. The Morgan fingerprint density at radius 3 is 2.61 bits per heavy atom. The molecule has 5 rings (SSSR count). The fourth-order valence-corrected chi connectivity index (χ4v) is 5.22. The zero-order chi connectivity index (χ0) is 25.3. The molecular weight excluding hydrogens is 452 g/mol. The number of hydrogen-bond donors (Lipinski definition) is 1. The summed E-state index contributed by atoms with van der Waals surface area (Å²) in [5.41, 5.74) is 10.3. The van der Waals surface area contributed by atoms with E-state index in [9.17, 15) is 4.79 Å². The van der Waals surface area contributed by atoms with Gasteiger partial charge >= 0.3 is 6.09 Å². The number of carbonyl (C=O) groups excluding carboxylic acids is 1. The fourth-order valence-electron chi connectivity index (χ4n) is 5.22. The Hall–Kier alpha value is -3.71. The lowest BCUT2D eigenvalue weighted by Gasteiger charge is -2.50. The lowest BCUT2D eigenvalue weighted by Crippen LogP contribution is -2.63. The molecular formula is C29H32N4O3. The first-order valence-corrected chi connectivity index (χ1v) is 12.4. The number of amides is 1. The highest BCUT2D eigenvalue weighted by molar-refractivity contribution is 5.86. The molecule has 0 spiro atoms. The van der Waals surface area contributed by atoms with Crippen LogP contribution in [0.1, 0.15) is 44.7 Å². The molecule has 0 aliphatic carbocycles. The first-order chi connectivity index (χ1) is 17.3. The molecule has 4 aromatic rings. The minimum Gasteiger partial charge on any atom is -0.464 e. The zero-order valence-corrected chi connectivity index (χ0v) is 21.0. The maximum atomic E-state index is 13.4. The Balaban J connectivity index is 1.58. The summed E-state index contributed by atoms with van der Waals surface area (Å²) in [5.74, 6) is -0.0586. The molecule has 7 heteroatoms. The van der Waals surface area contributed by atoms with Crippen molar-refractivity contribution in [1.82, 2.24) is 14.9 Å². The number of rotatable bonds is 4. The van der Waals surface area contributed by atoms with E-state index in [1.807, 2.05) is 57.2 Å². The van der Waals surface area contributed by atoms with Gasteiger partial charge in [-0.2, -0.15) is 0 Å². The summed E-state index contributed by atoms with van der Waals surface area (Å²) in [4.78, 5) is 23.5. The normalized spacial score (nSPS) is 20.4. The number of aromatic nitrogens is 2. The summed E-state index contributed by atoms with van der Waals surface area (Å²) in [6.45, 7) is 6.16. The van der Waals surface area contributed by atoms with Crippen LogP contribution in [0.3, 0.4) is 0 Å². The SMILES string of the molecule is CC(C)(C)OC(=O)N1CCCC(Cc2cc(-c3cncnc3)cc3ccoc23)C1(N)c1ccccc1. The Labute approximate surface area is 211 Å². The van der Waals surface area contributed by atoms with Crippen LogP contribution in [0.5, 0.6) is 0 Å². The standard InChI is InChI=1S/C29H32N4O3/c1-28(2,3)36-27(34)33-12-7-10-25(29(33,30)24-8-5-4-6-9-24)16-22-15-21(23-17-31-19-32-18-23)14-20-11-13-35-26(20)22/h4-6,8-9,11,13-15,17-19,25H,7,10,12,16,30H2,1-3H3. The van der Waals surface area contributed by atoms with Gasteiger partial charge in [-0.1, -0.05) is 30.3 Å². The van der Waals surface area contributed by atoms with Crippen molar-refractivity contribution in [3.05, 3.63) is 84.6 Å². The molecule has 3 heterocycles. The quantitative estimate of drug-likeness (QED) is 0.388. The molecule has 36 heavy (non-hydrogen) atoms. The van der Waals surface area contributed by atoms with Crippen LogP contribution in [0.15, 0.2) is 77.9 Å². The maximum absolute atomic E-state index is 13.4. The lowest BCUT2D eigenvalue weighted by molar-refractivity contribution is -0.0383. The first kappa shape index (κ1) is 24.0. The van der Waals surface area contributed by atoms with Crippen molar-refractivity contribution in [1.29, 1.82) is 0 Å². The molecule has 0 bridgehead atoms. The molecule has 2 aromatic carbocycles. The number of carbonyl (C=O) groups is 1. The Morgan fingerprint density at radius 2 is 1.89 bits per heavy atom. The lowest BCUT2D eigenvalue weighted by atomic mass is 9.75. The second-order valence-electron chi connectivity index (χ2n) is 10.5. The van der Waals surface area contributed by atoms with Gasteiger partial charge in [0.25, 0.3) is 0 Å². The molecule has 7 nitrogen and oxygen atoms in total. The summed E-state index contributed by atoms with van der Waals surface area (Å²) in [5, 5.41) is 1.01. The molecule has 1 amide bonds. The monoisotopic (exact) mass is 484 g/mol. The van der Waals surface area contributed by atoms with E-state index in [0.29, 0.717) is 13.0 Å². The van der Waals surface area contributed by atoms with E-state index in [1.54, 1.807) is 23.6 Å². The molecule has 0 saturated carbocycles. The van der Waals surface area contributed by atoms with Crippen LogP contribution in [0.4, 0.5) is 4.79 Å². The third kappa shape index (κ3) is 4.58. The van der Waals surface area contributed by atoms with Crippen LogP contribution in [-0.4, -0.2) is 33.1 Å². The number of nitrogens with two attached hydrogens (primary N) is 1. The van der Waals surface area contributed by atoms with Crippen molar-refractivity contribution < 1.29 is 13.9 Å². The largest absolute Gasteiger partial charge is 0.464 e. The van der Waals surface area contributed by atoms with E-state index < -0.39 is 17.4 Å². The zero-order valence-electron chi connectivity index (χ0n) is 21.0. The summed E-state index contributed by atoms with van der Waals surface area (Å²) >= 11 is 0. The molecule has 1 aliphatic rings. The van der Waals surface area contributed by atoms with Gasteiger partial charge in [-0.05, 0) is 74.9 Å². The van der Waals surface area contributed by atoms with Crippen LogP contribution in [0.2, 0.25) is 0 Å². The summed E-state index contributed by atoms with van der Waals surface area (Å²) in [6, 6.07) is 16.1. The van der Waals surface area contributed by atoms with Crippen molar-refractivity contribution in [2.24, 2.45) is 11.7 Å². The van der Waals surface area contributed by atoms with Crippen LogP contribution >= 0.6 is 0 Å². The molecule has 186 valence electrons. The number of likely N-dealkylation sites (tertiary alicyclic amines) is 1. The summed E-state index contributed by atoms with van der Waals surface area (Å²) in [7, 11) is 0. The van der Waals surface area contributed by atoms with Crippen LogP contribution in [0, 0.1) is 5.92 Å². The van der Waals surface area contributed by atoms with Gasteiger partial charge in [0.15, 0.2) is 0 Å². The van der Waals surface area contributed by atoms with Crippen molar-refractivity contribution >= 4 is 17.1 Å². The third-order valence-electron chi connectivity index (χ3n) is 6.84. The van der Waals surface area contributed by atoms with Gasteiger partial charge in [-0.15, -0.1) is 0 Å². The molecule has 0 radical (unpaired) electrons. The molecule has 1 fully saturated rings. The minimum atomic E-state index is -1.04. The predicted molar refractivity (Wildman–Crippen MR) is 139 cm³/mol. The molecule has 2 aromatic heterocycles. The highest BCUT2D eigenvalue weighted by Gasteiger charge is 2.48. The first-order valence-electron chi connectivity index (χ1n) is 12.4. The second kappa shape index (κ2) is 9.39. The average molecular weight is 485 g/mol. The molecule has 2 atom stereocenters. The predicted octanol–water partition coefficient (Wildman–Crippen LogP) is 5.89. The number of ether oxygens (including phenoxy) is 1. The van der Waals surface area contributed by atoms with Crippen LogP contribution in [-0.2, 0) is 16.8 Å². The van der Waals surface area contributed by atoms with Gasteiger partial charge in [0.1, 0.15) is 23.2 Å². The summed E-state index contributed by atoms with van der Waals surface area (Å²) < 4.78 is 11.7. The number of nitrogens with zero attached hydrogens (tertiary/aromatic N) is 3. The van der Waals surface area contributed by atoms with E-state index in [2.05, 4.69) is 22.1 Å². The van der Waals surface area contributed by atoms with Crippen molar-refractivity contribution in [3.8, 4) is 11.1 Å². The highest BCUT2D eigenvalue weighted by Crippen LogP contribution is 2.42. The maximum Gasteiger partial charge on any atom is 0.412 e. The number of furan rings is 1. The second-order valence-corrected chi connectivity index (χ2v) is 10.5. The van der Waals surface area contributed by atoms with E-state index in [4.69, 9.17) is 14.9 Å². The molecule has 2 unspecified atom stereocenters. The van der Waals surface area contributed by atoms with Gasteiger partial charge in [0.2, 0.25) is 0 Å². The summed E-state index contributed by atoms with van der Waals surface area (Å²) in [6.07, 6.45) is 8.79. The van der Waals surface area contributed by atoms with E-state index in [-0.39, 0.29) is 5.92 Å². The Morgan fingerprint density at radius 1 is 1.14 bits per heavy atom. The third-order valence-corrected chi connectivity index (χ3v) is 6.84. The molecule has 1 aliphatic heterocycles. The average Bonchev–Trinajstić information content (AvgIpc) is 3.34. The highest BCUT2D eigenvalue weighted by atomic mass is 16.6. The number of fused-ring (bicyclic) bond motifs is 1. The van der Waals surface area contributed by atoms with E-state index in [1.165, 1.54) is 6.33 Å². The molecule has 2 N–H and O–H groups in total. The van der Waals surface area contributed by atoms with Gasteiger partial charge in [0, 0.05) is 35.8 Å². The van der Waals surface area contributed by atoms with E-state index in [0.717, 1.165) is 46.1 Å². The van der Waals surface area contributed by atoms with Gasteiger partial charge in [0.05, 0.1) is 6.26 Å². The molecule has 1 saturated heterocycles. The van der Waals surface area contributed by atoms with Gasteiger partial charge < -0.3 is 14.9 Å². The topological polar surface area (TPSA) is 94.5 Å². The number of benzene rings is 2. The van der Waals surface area contributed by atoms with Crippen molar-refractivity contribution in [2.45, 2.75) is 51.3 Å². The fraction of sp³-hybridized carbons (Fsp3) is 0.345. The van der Waals surface area contributed by atoms with Gasteiger partial charge in [-0.3, -0.25) is 4.90 Å². The van der Waals surface area contributed by atoms with Crippen molar-refractivity contribution in [2.75, 3.05) is 6.54 Å². The smallest absolute Gasteiger partial charge is 0.412 e. The Bertz CT molecular complexity index is 1350. The van der Waals surface area contributed by atoms with Gasteiger partial charge in [-0.25, -0.2) is 14.8 Å². The van der Waals surface area contributed by atoms with Crippen LogP contribution < -0.4 is 5.73 Å². The Kier molecular flexibility index (Phi) is 6.26.